The summed E-state index contributed by atoms with van der Waals surface area (Å²) in [7, 11) is 0. The van der Waals surface area contributed by atoms with Crippen molar-refractivity contribution in [2.24, 2.45) is 11.7 Å². The second kappa shape index (κ2) is 7.23. The molecule has 0 aliphatic heterocycles. The molecule has 1 aliphatic carbocycles. The van der Waals surface area contributed by atoms with Gasteiger partial charge in [0, 0.05) is 30.4 Å². The summed E-state index contributed by atoms with van der Waals surface area (Å²) < 4.78 is 2.05. The molecule has 1 heterocycles. The molecule has 0 spiro atoms. The van der Waals surface area contributed by atoms with Gasteiger partial charge in [0.05, 0.1) is 6.20 Å². The third kappa shape index (κ3) is 3.61. The van der Waals surface area contributed by atoms with Gasteiger partial charge >= 0.3 is 0 Å². The van der Waals surface area contributed by atoms with Crippen LogP contribution in [0.5, 0.6) is 0 Å². The van der Waals surface area contributed by atoms with Gasteiger partial charge in [0.2, 0.25) is 0 Å². The van der Waals surface area contributed by atoms with E-state index in [0.717, 1.165) is 19.6 Å². The highest BCUT2D eigenvalue weighted by atomic mass is 15.3. The Labute approximate surface area is 123 Å². The van der Waals surface area contributed by atoms with Crippen LogP contribution < -0.4 is 5.73 Å². The van der Waals surface area contributed by atoms with Crippen LogP contribution >= 0.6 is 0 Å². The monoisotopic (exact) mass is 278 g/mol. The maximum Gasteiger partial charge on any atom is 0.0534 e. The average molecular weight is 278 g/mol. The van der Waals surface area contributed by atoms with E-state index in [-0.39, 0.29) is 0 Å². The van der Waals surface area contributed by atoms with Crippen LogP contribution in [0.4, 0.5) is 0 Å². The average Bonchev–Trinajstić information content (AvgIpc) is 2.93. The minimum atomic E-state index is 0.435. The van der Waals surface area contributed by atoms with E-state index in [1.54, 1.807) is 0 Å². The van der Waals surface area contributed by atoms with Crippen LogP contribution in [0.25, 0.3) is 0 Å². The lowest BCUT2D eigenvalue weighted by Crippen LogP contribution is -2.44. The maximum absolute atomic E-state index is 5.98. The van der Waals surface area contributed by atoms with Crippen LogP contribution in [0.2, 0.25) is 0 Å². The number of aromatic nitrogens is 2. The largest absolute Gasteiger partial charge is 0.330 e. The second-order valence-electron chi connectivity index (χ2n) is 6.33. The molecule has 20 heavy (non-hydrogen) atoms. The predicted molar refractivity (Wildman–Crippen MR) is 83.5 cm³/mol. The zero-order valence-corrected chi connectivity index (χ0v) is 13.3. The van der Waals surface area contributed by atoms with Crippen LogP contribution in [-0.2, 0) is 6.54 Å². The molecule has 4 heteroatoms. The van der Waals surface area contributed by atoms with Gasteiger partial charge in [-0.25, -0.2) is 0 Å². The predicted octanol–water partition coefficient (Wildman–Crippen LogP) is 2.80. The fourth-order valence-electron chi connectivity index (χ4n) is 3.38. The summed E-state index contributed by atoms with van der Waals surface area (Å²) in [6.07, 6.45) is 9.50. The summed E-state index contributed by atoms with van der Waals surface area (Å²) in [6, 6.07) is 1.09. The van der Waals surface area contributed by atoms with Crippen molar-refractivity contribution in [1.29, 1.82) is 0 Å². The van der Waals surface area contributed by atoms with Crippen molar-refractivity contribution in [2.45, 2.75) is 65.1 Å². The van der Waals surface area contributed by atoms with E-state index in [0.29, 0.717) is 18.0 Å². The molecule has 0 bridgehead atoms. The first-order valence-corrected chi connectivity index (χ1v) is 8.12. The number of nitrogens with zero attached hydrogens (tertiary/aromatic N) is 3. The molecule has 2 unspecified atom stereocenters. The lowest BCUT2D eigenvalue weighted by atomic mass is 9.83. The van der Waals surface area contributed by atoms with Gasteiger partial charge in [0.25, 0.3) is 0 Å². The highest BCUT2D eigenvalue weighted by Crippen LogP contribution is 2.28. The topological polar surface area (TPSA) is 47.1 Å². The molecule has 0 amide bonds. The highest BCUT2D eigenvalue weighted by molar-refractivity contribution is 5.05. The van der Waals surface area contributed by atoms with E-state index in [4.69, 9.17) is 5.73 Å². The van der Waals surface area contributed by atoms with Crippen LogP contribution in [0.3, 0.4) is 0 Å². The number of nitrogens with two attached hydrogens (primary N) is 1. The van der Waals surface area contributed by atoms with Gasteiger partial charge in [-0.05, 0) is 45.7 Å². The molecule has 1 aliphatic rings. The highest BCUT2D eigenvalue weighted by Gasteiger charge is 2.28. The van der Waals surface area contributed by atoms with Gasteiger partial charge in [0.1, 0.15) is 0 Å². The fraction of sp³-hybridized carbons (Fsp3) is 0.812. The Morgan fingerprint density at radius 3 is 2.75 bits per heavy atom. The Kier molecular flexibility index (Phi) is 5.61. The first-order chi connectivity index (χ1) is 9.65. The Hall–Kier alpha value is -0.870. The first-order valence-electron chi connectivity index (χ1n) is 8.12. The summed E-state index contributed by atoms with van der Waals surface area (Å²) in [5, 5.41) is 4.45. The normalized spacial score (nSPS) is 23.7. The Morgan fingerprint density at radius 2 is 2.15 bits per heavy atom. The van der Waals surface area contributed by atoms with Crippen molar-refractivity contribution in [3.63, 3.8) is 0 Å². The van der Waals surface area contributed by atoms with Gasteiger partial charge in [-0.3, -0.25) is 9.58 Å². The van der Waals surface area contributed by atoms with Crippen molar-refractivity contribution < 1.29 is 0 Å². The zero-order chi connectivity index (χ0) is 14.5. The molecular weight excluding hydrogens is 248 g/mol. The van der Waals surface area contributed by atoms with Gasteiger partial charge in [-0.1, -0.05) is 19.8 Å². The van der Waals surface area contributed by atoms with Crippen molar-refractivity contribution in [3.05, 3.63) is 18.0 Å². The summed E-state index contributed by atoms with van der Waals surface area (Å²) in [5.74, 6) is 0.670. The lowest BCUT2D eigenvalue weighted by Gasteiger charge is -2.39. The van der Waals surface area contributed by atoms with Gasteiger partial charge < -0.3 is 5.73 Å². The second-order valence-corrected chi connectivity index (χ2v) is 6.33. The summed E-state index contributed by atoms with van der Waals surface area (Å²) in [6.45, 7) is 9.51. The molecule has 0 radical (unpaired) electrons. The Morgan fingerprint density at radius 1 is 1.40 bits per heavy atom. The molecule has 1 aromatic rings. The number of hydrogen-bond acceptors (Lipinski definition) is 3. The third-order valence-electron chi connectivity index (χ3n) is 4.62. The Balaban J connectivity index is 2.03. The molecule has 4 nitrogen and oxygen atoms in total. The first kappa shape index (κ1) is 15.5. The van der Waals surface area contributed by atoms with Crippen molar-refractivity contribution in [1.82, 2.24) is 14.7 Å². The Bertz CT molecular complexity index is 399. The molecule has 114 valence electrons. The van der Waals surface area contributed by atoms with Crippen LogP contribution in [0.1, 0.15) is 58.1 Å². The van der Waals surface area contributed by atoms with E-state index in [9.17, 15) is 0 Å². The van der Waals surface area contributed by atoms with E-state index < -0.39 is 0 Å². The molecule has 1 fully saturated rings. The van der Waals surface area contributed by atoms with Crippen molar-refractivity contribution in [3.8, 4) is 0 Å². The molecule has 1 saturated carbocycles. The molecule has 2 atom stereocenters. The van der Waals surface area contributed by atoms with E-state index in [1.165, 1.54) is 31.2 Å². The summed E-state index contributed by atoms with van der Waals surface area (Å²) >= 11 is 0. The molecule has 0 saturated heterocycles. The van der Waals surface area contributed by atoms with E-state index >= 15 is 0 Å². The van der Waals surface area contributed by atoms with Gasteiger partial charge in [-0.2, -0.15) is 5.10 Å². The van der Waals surface area contributed by atoms with Gasteiger partial charge in [0.15, 0.2) is 0 Å². The molecule has 0 aromatic carbocycles. The quantitative estimate of drug-likeness (QED) is 0.870. The maximum atomic E-state index is 5.98. The summed E-state index contributed by atoms with van der Waals surface area (Å²) in [4.78, 5) is 2.60. The van der Waals surface area contributed by atoms with Crippen LogP contribution in [0.15, 0.2) is 12.4 Å². The number of rotatable bonds is 6. The summed E-state index contributed by atoms with van der Waals surface area (Å²) in [5.41, 5.74) is 7.30. The van der Waals surface area contributed by atoms with E-state index in [2.05, 4.69) is 37.0 Å². The van der Waals surface area contributed by atoms with Crippen molar-refractivity contribution >= 4 is 0 Å². The molecule has 1 aromatic heterocycles. The molecular formula is C16H30N4. The molecule has 2 N–H and O–H groups in total. The third-order valence-corrected chi connectivity index (χ3v) is 4.62. The zero-order valence-electron chi connectivity index (χ0n) is 13.3. The minimum Gasteiger partial charge on any atom is -0.330 e. The standard InChI is InChI=1S/C16H30N4/c1-4-19(16-8-6-5-7-15(16)9-17)11-14-10-18-20(12-14)13(2)3/h10,12-13,15-16H,4-9,11,17H2,1-3H3. The SMILES string of the molecule is CCN(Cc1cnn(C(C)C)c1)C1CCCCC1CN. The van der Waals surface area contributed by atoms with E-state index in [1.807, 2.05) is 10.9 Å². The molecule has 2 rings (SSSR count). The van der Waals surface area contributed by atoms with Crippen molar-refractivity contribution in [2.75, 3.05) is 13.1 Å². The van der Waals surface area contributed by atoms with Gasteiger partial charge in [-0.15, -0.1) is 0 Å². The van der Waals surface area contributed by atoms with Crippen LogP contribution in [-0.4, -0.2) is 33.8 Å². The number of hydrogen-bond donors (Lipinski definition) is 1. The minimum absolute atomic E-state index is 0.435. The lowest BCUT2D eigenvalue weighted by molar-refractivity contribution is 0.105. The van der Waals surface area contributed by atoms with Crippen LogP contribution in [0, 0.1) is 5.92 Å². The smallest absolute Gasteiger partial charge is 0.0534 e. The fourth-order valence-corrected chi connectivity index (χ4v) is 3.38.